The number of nitro benzene ring substituents is 1. The Morgan fingerprint density at radius 2 is 1.94 bits per heavy atom. The standard InChI is InChI=1S/C22H25ClFN3O6/c1-22(2,3)33-21(29)26-11-10-25(12-14(26)13-28)20-16(27(30)31)8-9-18(19(20)23)32-17-7-5-4-6-15(17)24/h4-9,14,28H,10-13H2,1-3H3/t14-/m1/s1. The Labute approximate surface area is 195 Å². The van der Waals surface area contributed by atoms with Gasteiger partial charge >= 0.3 is 6.09 Å². The minimum absolute atomic E-state index is 0.0393. The molecule has 3 rings (SSSR count). The lowest BCUT2D eigenvalue weighted by Crippen LogP contribution is -2.57. The van der Waals surface area contributed by atoms with Gasteiger partial charge in [0.05, 0.1) is 17.6 Å². The van der Waals surface area contributed by atoms with Crippen LogP contribution in [0.4, 0.5) is 20.6 Å². The molecule has 0 spiro atoms. The third-order valence-electron chi connectivity index (χ3n) is 4.95. The van der Waals surface area contributed by atoms with E-state index in [1.807, 2.05) is 0 Å². The van der Waals surface area contributed by atoms with E-state index in [0.29, 0.717) is 0 Å². The minimum Gasteiger partial charge on any atom is -0.453 e. The second-order valence-corrected chi connectivity index (χ2v) is 8.87. The fraction of sp³-hybridized carbons (Fsp3) is 0.409. The second-order valence-electron chi connectivity index (χ2n) is 8.49. The Hall–Kier alpha value is -3.11. The van der Waals surface area contributed by atoms with Gasteiger partial charge in [-0.3, -0.25) is 15.0 Å². The van der Waals surface area contributed by atoms with Crippen LogP contribution in [0.5, 0.6) is 11.5 Å². The van der Waals surface area contributed by atoms with Crippen molar-refractivity contribution >= 4 is 29.1 Å². The first-order chi connectivity index (χ1) is 15.5. The first-order valence-electron chi connectivity index (χ1n) is 10.3. The van der Waals surface area contributed by atoms with Gasteiger partial charge < -0.3 is 19.5 Å². The summed E-state index contributed by atoms with van der Waals surface area (Å²) in [6.07, 6.45) is -0.585. The van der Waals surface area contributed by atoms with Crippen LogP contribution < -0.4 is 9.64 Å². The van der Waals surface area contributed by atoms with E-state index in [1.165, 1.54) is 35.2 Å². The molecule has 0 aromatic heterocycles. The van der Waals surface area contributed by atoms with Crippen molar-refractivity contribution in [3.8, 4) is 11.5 Å². The number of rotatable bonds is 5. The summed E-state index contributed by atoms with van der Waals surface area (Å²) in [4.78, 5) is 26.7. The highest BCUT2D eigenvalue weighted by Crippen LogP contribution is 2.44. The highest BCUT2D eigenvalue weighted by Gasteiger charge is 2.36. The van der Waals surface area contributed by atoms with Crippen LogP contribution in [-0.2, 0) is 4.74 Å². The fourth-order valence-corrected chi connectivity index (χ4v) is 3.80. The van der Waals surface area contributed by atoms with Gasteiger partial charge in [-0.15, -0.1) is 0 Å². The van der Waals surface area contributed by atoms with Crippen molar-refractivity contribution in [1.82, 2.24) is 4.90 Å². The van der Waals surface area contributed by atoms with Crippen LogP contribution in [0, 0.1) is 15.9 Å². The molecule has 11 heteroatoms. The van der Waals surface area contributed by atoms with Crippen LogP contribution in [-0.4, -0.2) is 58.9 Å². The number of benzene rings is 2. The second kappa shape index (κ2) is 9.80. The maximum Gasteiger partial charge on any atom is 0.410 e. The van der Waals surface area contributed by atoms with Crippen molar-refractivity contribution in [2.24, 2.45) is 0 Å². The Kier molecular flexibility index (Phi) is 7.28. The summed E-state index contributed by atoms with van der Waals surface area (Å²) in [5.74, 6) is -0.653. The molecule has 33 heavy (non-hydrogen) atoms. The Balaban J connectivity index is 1.92. The van der Waals surface area contributed by atoms with Crippen LogP contribution in [0.2, 0.25) is 5.02 Å². The van der Waals surface area contributed by atoms with E-state index in [4.69, 9.17) is 21.1 Å². The first-order valence-corrected chi connectivity index (χ1v) is 10.6. The predicted octanol–water partition coefficient (Wildman–Crippen LogP) is 4.60. The molecule has 1 heterocycles. The Bertz CT molecular complexity index is 1050. The van der Waals surface area contributed by atoms with Crippen LogP contribution in [0.3, 0.4) is 0 Å². The third kappa shape index (κ3) is 5.63. The van der Waals surface area contributed by atoms with Crippen LogP contribution in [0.15, 0.2) is 36.4 Å². The monoisotopic (exact) mass is 481 g/mol. The summed E-state index contributed by atoms with van der Waals surface area (Å²) < 4.78 is 25.0. The predicted molar refractivity (Wildman–Crippen MR) is 121 cm³/mol. The number of hydrogen-bond acceptors (Lipinski definition) is 7. The maximum atomic E-state index is 14.0. The molecule has 178 valence electrons. The number of piperazine rings is 1. The van der Waals surface area contributed by atoms with Crippen LogP contribution >= 0.6 is 11.6 Å². The molecule has 1 aliphatic heterocycles. The number of aliphatic hydroxyl groups excluding tert-OH is 1. The van der Waals surface area contributed by atoms with Gasteiger partial charge in [-0.05, 0) is 39.0 Å². The molecule has 1 saturated heterocycles. The first kappa shape index (κ1) is 24.5. The highest BCUT2D eigenvalue weighted by molar-refractivity contribution is 6.35. The van der Waals surface area contributed by atoms with Gasteiger partial charge in [-0.1, -0.05) is 23.7 Å². The average Bonchev–Trinajstić information content (AvgIpc) is 2.74. The quantitative estimate of drug-likeness (QED) is 0.491. The normalized spacial score (nSPS) is 16.5. The molecule has 0 radical (unpaired) electrons. The number of carbonyl (C=O) groups excluding carboxylic acids is 1. The number of halogens is 2. The van der Waals surface area contributed by atoms with Crippen molar-refractivity contribution < 1.29 is 28.7 Å². The SMILES string of the molecule is CC(C)(C)OC(=O)N1CCN(c2c([N+](=O)[O-])ccc(Oc3ccccc3F)c2Cl)C[C@@H]1CO. The number of nitrogens with zero attached hydrogens (tertiary/aromatic N) is 3. The zero-order chi connectivity index (χ0) is 24.3. The fourth-order valence-electron chi connectivity index (χ4n) is 3.48. The molecule has 1 amide bonds. The average molecular weight is 482 g/mol. The molecule has 2 aromatic carbocycles. The van der Waals surface area contributed by atoms with Gasteiger partial charge in [0.25, 0.3) is 5.69 Å². The zero-order valence-electron chi connectivity index (χ0n) is 18.5. The number of carbonyl (C=O) groups is 1. The topological polar surface area (TPSA) is 105 Å². The minimum atomic E-state index is -0.714. The molecule has 0 aliphatic carbocycles. The van der Waals surface area contributed by atoms with Crippen LogP contribution in [0.1, 0.15) is 20.8 Å². The molecular formula is C22H25ClFN3O6. The molecule has 1 fully saturated rings. The van der Waals surface area contributed by atoms with Gasteiger partial charge in [0, 0.05) is 25.7 Å². The van der Waals surface area contributed by atoms with Gasteiger partial charge in [-0.25, -0.2) is 9.18 Å². The van der Waals surface area contributed by atoms with E-state index in [9.17, 15) is 24.4 Å². The lowest BCUT2D eigenvalue weighted by atomic mass is 10.1. The van der Waals surface area contributed by atoms with E-state index in [2.05, 4.69) is 0 Å². The molecule has 1 aliphatic rings. The number of amides is 1. The van der Waals surface area contributed by atoms with Gasteiger partial charge in [0.1, 0.15) is 22.1 Å². The number of nitro groups is 1. The van der Waals surface area contributed by atoms with E-state index in [1.54, 1.807) is 31.7 Å². The summed E-state index contributed by atoms with van der Waals surface area (Å²) in [5.41, 5.74) is -0.921. The molecule has 1 atom stereocenters. The van der Waals surface area contributed by atoms with Crippen molar-refractivity contribution in [3.63, 3.8) is 0 Å². The zero-order valence-corrected chi connectivity index (χ0v) is 19.2. The molecule has 0 bridgehead atoms. The summed E-state index contributed by atoms with van der Waals surface area (Å²) >= 11 is 6.51. The smallest absolute Gasteiger partial charge is 0.410 e. The van der Waals surface area contributed by atoms with Crippen LogP contribution in [0.25, 0.3) is 0 Å². The third-order valence-corrected chi connectivity index (χ3v) is 5.32. The summed E-state index contributed by atoms with van der Waals surface area (Å²) in [6.45, 7) is 5.23. The van der Waals surface area contributed by atoms with Gasteiger partial charge in [0.15, 0.2) is 11.6 Å². The molecule has 0 unspecified atom stereocenters. The van der Waals surface area contributed by atoms with Crippen molar-refractivity contribution in [2.75, 3.05) is 31.1 Å². The molecule has 0 saturated carbocycles. The Morgan fingerprint density at radius 3 is 2.55 bits per heavy atom. The van der Waals surface area contributed by atoms with Crippen molar-refractivity contribution in [3.05, 3.63) is 57.4 Å². The van der Waals surface area contributed by atoms with Crippen molar-refractivity contribution in [2.45, 2.75) is 32.4 Å². The largest absolute Gasteiger partial charge is 0.453 e. The van der Waals surface area contributed by atoms with Crippen molar-refractivity contribution in [1.29, 1.82) is 0 Å². The summed E-state index contributed by atoms with van der Waals surface area (Å²) in [5, 5.41) is 21.5. The molecular weight excluding hydrogens is 457 g/mol. The number of aliphatic hydroxyl groups is 1. The van der Waals surface area contributed by atoms with E-state index >= 15 is 0 Å². The maximum absolute atomic E-state index is 14.0. The van der Waals surface area contributed by atoms with E-state index in [-0.39, 0.29) is 54.1 Å². The molecule has 1 N–H and O–H groups in total. The number of para-hydroxylation sites is 1. The number of ether oxygens (including phenoxy) is 2. The Morgan fingerprint density at radius 1 is 1.24 bits per heavy atom. The lowest BCUT2D eigenvalue weighted by molar-refractivity contribution is -0.384. The number of hydrogen-bond donors (Lipinski definition) is 1. The molecule has 2 aromatic rings. The molecule has 9 nitrogen and oxygen atoms in total. The lowest BCUT2D eigenvalue weighted by Gasteiger charge is -2.41. The van der Waals surface area contributed by atoms with E-state index < -0.39 is 28.5 Å². The number of anilines is 1. The summed E-state index contributed by atoms with van der Waals surface area (Å²) in [6, 6.07) is 7.57. The van der Waals surface area contributed by atoms with Gasteiger partial charge in [-0.2, -0.15) is 0 Å². The highest BCUT2D eigenvalue weighted by atomic mass is 35.5. The summed E-state index contributed by atoms with van der Waals surface area (Å²) in [7, 11) is 0. The van der Waals surface area contributed by atoms with Gasteiger partial charge in [0.2, 0.25) is 0 Å². The van der Waals surface area contributed by atoms with E-state index in [0.717, 1.165) is 0 Å².